The molecule has 0 aliphatic rings. The Hall–Kier alpha value is -0.250. The van der Waals surface area contributed by atoms with Crippen LogP contribution in [0.1, 0.15) is 13.3 Å². The summed E-state index contributed by atoms with van der Waals surface area (Å²) in [4.78, 5) is 4.14. The Bertz CT molecular complexity index is 270. The fourth-order valence-corrected chi connectivity index (χ4v) is 2.06. The molecule has 0 saturated heterocycles. The molecule has 1 aromatic heterocycles. The zero-order chi connectivity index (χ0) is 9.68. The largest absolute Gasteiger partial charge is 0.396 e. The van der Waals surface area contributed by atoms with E-state index in [0.717, 1.165) is 11.4 Å². The van der Waals surface area contributed by atoms with Gasteiger partial charge in [0.05, 0.1) is 5.03 Å². The van der Waals surface area contributed by atoms with Gasteiger partial charge in [0, 0.05) is 11.9 Å². The lowest BCUT2D eigenvalue weighted by Gasteiger charge is -2.07. The highest BCUT2D eigenvalue weighted by molar-refractivity contribution is 7.99. The minimum absolute atomic E-state index is 0.217. The lowest BCUT2D eigenvalue weighted by Crippen LogP contribution is -1.99. The average molecular weight is 218 g/mol. The first-order chi connectivity index (χ1) is 6.22. The lowest BCUT2D eigenvalue weighted by molar-refractivity contribution is 0.289. The van der Waals surface area contributed by atoms with Crippen LogP contribution >= 0.6 is 23.4 Å². The van der Waals surface area contributed by atoms with Crippen LogP contribution in [0, 0.1) is 0 Å². The van der Waals surface area contributed by atoms with Crippen LogP contribution in [0.4, 0.5) is 0 Å². The van der Waals surface area contributed by atoms with E-state index in [9.17, 15) is 0 Å². The van der Waals surface area contributed by atoms with Gasteiger partial charge in [-0.05, 0) is 18.6 Å². The van der Waals surface area contributed by atoms with Crippen molar-refractivity contribution in [1.82, 2.24) is 4.98 Å². The molecule has 1 heterocycles. The molecule has 13 heavy (non-hydrogen) atoms. The van der Waals surface area contributed by atoms with Crippen molar-refractivity contribution in [1.29, 1.82) is 0 Å². The third-order valence-electron chi connectivity index (χ3n) is 1.55. The van der Waals surface area contributed by atoms with Crippen molar-refractivity contribution < 1.29 is 5.11 Å². The molecule has 1 N–H and O–H groups in total. The standard InChI is InChI=1S/C9H12ClNOS/c1-7(5-6-12)13-9-4-2-3-8(10)11-9/h2-4,7,12H,5-6H2,1H3. The molecular weight excluding hydrogens is 206 g/mol. The molecule has 1 rings (SSSR count). The second kappa shape index (κ2) is 5.47. The summed E-state index contributed by atoms with van der Waals surface area (Å²) < 4.78 is 0. The molecule has 2 nitrogen and oxygen atoms in total. The molecule has 1 atom stereocenters. The Balaban J connectivity index is 2.53. The van der Waals surface area contributed by atoms with Crippen molar-refractivity contribution in [2.45, 2.75) is 23.6 Å². The van der Waals surface area contributed by atoms with Crippen LogP contribution in [0.5, 0.6) is 0 Å². The van der Waals surface area contributed by atoms with Gasteiger partial charge in [-0.15, -0.1) is 11.8 Å². The summed E-state index contributed by atoms with van der Waals surface area (Å²) in [5.74, 6) is 0. The van der Waals surface area contributed by atoms with Crippen LogP contribution in [0.15, 0.2) is 23.2 Å². The number of aliphatic hydroxyl groups is 1. The van der Waals surface area contributed by atoms with Crippen LogP contribution in [-0.4, -0.2) is 21.9 Å². The van der Waals surface area contributed by atoms with Gasteiger partial charge < -0.3 is 5.11 Å². The number of hydrogen-bond donors (Lipinski definition) is 1. The number of hydrogen-bond acceptors (Lipinski definition) is 3. The van der Waals surface area contributed by atoms with E-state index in [2.05, 4.69) is 11.9 Å². The van der Waals surface area contributed by atoms with Crippen LogP contribution in [0.25, 0.3) is 0 Å². The van der Waals surface area contributed by atoms with Gasteiger partial charge in [0.1, 0.15) is 5.15 Å². The fraction of sp³-hybridized carbons (Fsp3) is 0.444. The topological polar surface area (TPSA) is 33.1 Å². The van der Waals surface area contributed by atoms with E-state index in [0.29, 0.717) is 10.4 Å². The molecule has 0 bridgehead atoms. The van der Waals surface area contributed by atoms with Crippen molar-refractivity contribution >= 4 is 23.4 Å². The predicted molar refractivity (Wildman–Crippen MR) is 56.3 cm³/mol. The van der Waals surface area contributed by atoms with Gasteiger partial charge >= 0.3 is 0 Å². The zero-order valence-electron chi connectivity index (χ0n) is 7.40. The maximum atomic E-state index is 8.71. The summed E-state index contributed by atoms with van der Waals surface area (Å²) in [7, 11) is 0. The van der Waals surface area contributed by atoms with E-state index < -0.39 is 0 Å². The summed E-state index contributed by atoms with van der Waals surface area (Å²) in [6.07, 6.45) is 0.777. The number of halogens is 1. The van der Waals surface area contributed by atoms with Crippen LogP contribution in [0.3, 0.4) is 0 Å². The number of aliphatic hydroxyl groups excluding tert-OH is 1. The Morgan fingerprint density at radius 3 is 3.00 bits per heavy atom. The van der Waals surface area contributed by atoms with E-state index in [1.807, 2.05) is 12.1 Å². The maximum Gasteiger partial charge on any atom is 0.130 e. The monoisotopic (exact) mass is 217 g/mol. The first-order valence-corrected chi connectivity index (χ1v) is 5.38. The third-order valence-corrected chi connectivity index (χ3v) is 2.86. The van der Waals surface area contributed by atoms with Gasteiger partial charge in [0.2, 0.25) is 0 Å². The fourth-order valence-electron chi connectivity index (χ4n) is 0.902. The molecule has 4 heteroatoms. The highest BCUT2D eigenvalue weighted by Gasteiger charge is 2.04. The zero-order valence-corrected chi connectivity index (χ0v) is 8.98. The first-order valence-electron chi connectivity index (χ1n) is 4.12. The van der Waals surface area contributed by atoms with Crippen molar-refractivity contribution in [2.24, 2.45) is 0 Å². The van der Waals surface area contributed by atoms with E-state index in [1.54, 1.807) is 17.8 Å². The third kappa shape index (κ3) is 3.98. The van der Waals surface area contributed by atoms with E-state index in [4.69, 9.17) is 16.7 Å². The molecule has 0 saturated carbocycles. The molecule has 1 aromatic rings. The lowest BCUT2D eigenvalue weighted by atomic mass is 10.3. The van der Waals surface area contributed by atoms with Gasteiger partial charge in [-0.1, -0.05) is 24.6 Å². The summed E-state index contributed by atoms with van der Waals surface area (Å²) in [6.45, 7) is 2.28. The molecule has 0 aliphatic carbocycles. The number of nitrogens with zero attached hydrogens (tertiary/aromatic N) is 1. The second-order valence-electron chi connectivity index (χ2n) is 2.74. The Morgan fingerprint density at radius 2 is 2.38 bits per heavy atom. The summed E-state index contributed by atoms with van der Waals surface area (Å²) >= 11 is 7.36. The molecule has 0 radical (unpaired) electrons. The average Bonchev–Trinajstić information content (AvgIpc) is 2.04. The number of pyridine rings is 1. The summed E-state index contributed by atoms with van der Waals surface area (Å²) in [6, 6.07) is 5.55. The Kier molecular flexibility index (Phi) is 4.56. The van der Waals surface area contributed by atoms with Gasteiger partial charge in [-0.3, -0.25) is 0 Å². The van der Waals surface area contributed by atoms with Crippen molar-refractivity contribution in [2.75, 3.05) is 6.61 Å². The van der Waals surface area contributed by atoms with Crippen LogP contribution < -0.4 is 0 Å². The molecule has 1 unspecified atom stereocenters. The number of aromatic nitrogens is 1. The number of thioether (sulfide) groups is 1. The predicted octanol–water partition coefficient (Wildman–Crippen LogP) is 2.60. The van der Waals surface area contributed by atoms with E-state index in [1.165, 1.54) is 0 Å². The van der Waals surface area contributed by atoms with Gasteiger partial charge in [-0.25, -0.2) is 4.98 Å². The highest BCUT2D eigenvalue weighted by atomic mass is 35.5. The Morgan fingerprint density at radius 1 is 1.62 bits per heavy atom. The summed E-state index contributed by atoms with van der Waals surface area (Å²) in [5, 5.41) is 10.5. The first kappa shape index (κ1) is 10.8. The maximum absolute atomic E-state index is 8.71. The molecular formula is C9H12ClNOS. The SMILES string of the molecule is CC(CCO)Sc1cccc(Cl)n1. The molecule has 0 aromatic carbocycles. The van der Waals surface area contributed by atoms with Gasteiger partial charge in [-0.2, -0.15) is 0 Å². The molecule has 0 amide bonds. The van der Waals surface area contributed by atoms with E-state index in [-0.39, 0.29) is 6.61 Å². The molecule has 0 aliphatic heterocycles. The van der Waals surface area contributed by atoms with Gasteiger partial charge in [0.15, 0.2) is 0 Å². The second-order valence-corrected chi connectivity index (χ2v) is 4.59. The normalized spacial score (nSPS) is 12.8. The molecule has 72 valence electrons. The van der Waals surface area contributed by atoms with Crippen molar-refractivity contribution in [3.63, 3.8) is 0 Å². The van der Waals surface area contributed by atoms with Gasteiger partial charge in [0.25, 0.3) is 0 Å². The smallest absolute Gasteiger partial charge is 0.130 e. The van der Waals surface area contributed by atoms with Crippen LogP contribution in [0.2, 0.25) is 5.15 Å². The highest BCUT2D eigenvalue weighted by Crippen LogP contribution is 2.23. The number of rotatable bonds is 4. The minimum atomic E-state index is 0.217. The minimum Gasteiger partial charge on any atom is -0.396 e. The summed E-state index contributed by atoms with van der Waals surface area (Å²) in [5.41, 5.74) is 0. The van der Waals surface area contributed by atoms with Crippen LogP contribution in [-0.2, 0) is 0 Å². The van der Waals surface area contributed by atoms with Crippen molar-refractivity contribution in [3.05, 3.63) is 23.4 Å². The molecule has 0 spiro atoms. The quantitative estimate of drug-likeness (QED) is 0.622. The Labute approximate surface area is 87.3 Å². The van der Waals surface area contributed by atoms with Crippen molar-refractivity contribution in [3.8, 4) is 0 Å². The van der Waals surface area contributed by atoms with E-state index >= 15 is 0 Å². The molecule has 0 fully saturated rings.